The predicted octanol–water partition coefficient (Wildman–Crippen LogP) is 3.84. The summed E-state index contributed by atoms with van der Waals surface area (Å²) in [5, 5.41) is 2.87. The Hall–Kier alpha value is -0.760. The van der Waals surface area contributed by atoms with Gasteiger partial charge in [-0.15, -0.1) is 11.3 Å². The molecule has 0 saturated carbocycles. The van der Waals surface area contributed by atoms with Gasteiger partial charge in [0.2, 0.25) is 0 Å². The first-order chi connectivity index (χ1) is 9.47. The van der Waals surface area contributed by atoms with Crippen LogP contribution in [0.4, 0.5) is 0 Å². The van der Waals surface area contributed by atoms with E-state index in [0.717, 1.165) is 18.7 Å². The van der Waals surface area contributed by atoms with E-state index in [4.69, 9.17) is 18.0 Å². The van der Waals surface area contributed by atoms with Gasteiger partial charge in [0.25, 0.3) is 5.91 Å². The molecular formula is C13H10Br2N2OS2. The first kappa shape index (κ1) is 15.6. The molecule has 1 aromatic carbocycles. The van der Waals surface area contributed by atoms with Crippen LogP contribution in [0.3, 0.4) is 0 Å². The highest BCUT2D eigenvalue weighted by Crippen LogP contribution is 2.31. The van der Waals surface area contributed by atoms with E-state index >= 15 is 0 Å². The van der Waals surface area contributed by atoms with Crippen LogP contribution in [0.2, 0.25) is 0 Å². The normalized spacial score (nSPS) is 10.3. The van der Waals surface area contributed by atoms with Gasteiger partial charge in [0.1, 0.15) is 4.99 Å². The maximum atomic E-state index is 12.1. The Balaban J connectivity index is 2.05. The van der Waals surface area contributed by atoms with E-state index in [1.807, 2.05) is 24.3 Å². The maximum absolute atomic E-state index is 12.1. The first-order valence-corrected chi connectivity index (χ1v) is 8.40. The molecule has 0 aliphatic carbocycles. The highest BCUT2D eigenvalue weighted by Gasteiger charge is 2.13. The summed E-state index contributed by atoms with van der Waals surface area (Å²) in [4.78, 5) is 12.4. The van der Waals surface area contributed by atoms with E-state index in [1.54, 1.807) is 6.07 Å². The number of thiocarbonyl (C=S) groups is 1. The first-order valence-electron chi connectivity index (χ1n) is 5.59. The molecule has 0 radical (unpaired) electrons. The Morgan fingerprint density at radius 3 is 2.70 bits per heavy atom. The van der Waals surface area contributed by atoms with Crippen molar-refractivity contribution in [2.75, 3.05) is 0 Å². The van der Waals surface area contributed by atoms with Crippen molar-refractivity contribution in [3.05, 3.63) is 54.6 Å². The zero-order valence-corrected chi connectivity index (χ0v) is 15.0. The molecule has 1 heterocycles. The molecule has 0 bridgehead atoms. The molecule has 7 heteroatoms. The summed E-state index contributed by atoms with van der Waals surface area (Å²) < 4.78 is 1.71. The minimum Gasteiger partial charge on any atom is -0.389 e. The van der Waals surface area contributed by atoms with Crippen LogP contribution in [-0.2, 0) is 6.54 Å². The van der Waals surface area contributed by atoms with E-state index in [-0.39, 0.29) is 5.91 Å². The third-order valence-electron chi connectivity index (χ3n) is 2.57. The van der Waals surface area contributed by atoms with Gasteiger partial charge in [0.05, 0.1) is 13.1 Å². The minimum atomic E-state index is -0.125. The molecule has 3 nitrogen and oxygen atoms in total. The number of hydrogen-bond donors (Lipinski definition) is 2. The lowest BCUT2D eigenvalue weighted by Crippen LogP contribution is -2.22. The number of amides is 1. The molecule has 0 spiro atoms. The number of halogens is 2. The largest absolute Gasteiger partial charge is 0.389 e. The van der Waals surface area contributed by atoms with Gasteiger partial charge in [-0.25, -0.2) is 0 Å². The van der Waals surface area contributed by atoms with Crippen LogP contribution < -0.4 is 11.1 Å². The number of carbonyl (C=O) groups excluding carboxylic acids is 1. The molecule has 0 unspecified atom stereocenters. The number of carbonyl (C=O) groups is 1. The van der Waals surface area contributed by atoms with Crippen LogP contribution in [0.15, 0.2) is 37.9 Å². The Labute approximate surface area is 142 Å². The van der Waals surface area contributed by atoms with Crippen molar-refractivity contribution in [1.29, 1.82) is 0 Å². The fraction of sp³-hybridized carbons (Fsp3) is 0.0769. The second kappa shape index (κ2) is 6.80. The highest BCUT2D eigenvalue weighted by atomic mass is 79.9. The molecular weight excluding hydrogens is 424 g/mol. The van der Waals surface area contributed by atoms with Gasteiger partial charge in [-0.1, -0.05) is 30.4 Å². The second-order valence-electron chi connectivity index (χ2n) is 3.99. The molecule has 104 valence electrons. The van der Waals surface area contributed by atoms with E-state index < -0.39 is 0 Å². The Kier molecular flexibility index (Phi) is 5.31. The topological polar surface area (TPSA) is 55.1 Å². The lowest BCUT2D eigenvalue weighted by molar-refractivity contribution is 0.0950. The van der Waals surface area contributed by atoms with E-state index in [0.29, 0.717) is 17.1 Å². The zero-order valence-electron chi connectivity index (χ0n) is 10.2. The number of hydrogen-bond acceptors (Lipinski definition) is 3. The van der Waals surface area contributed by atoms with Gasteiger partial charge in [-0.05, 0) is 49.6 Å². The Morgan fingerprint density at radius 2 is 2.10 bits per heavy atom. The van der Waals surface area contributed by atoms with Crippen molar-refractivity contribution in [2.45, 2.75) is 6.54 Å². The summed E-state index contributed by atoms with van der Waals surface area (Å²) in [5.74, 6) is -0.125. The molecule has 0 atom stereocenters. The summed E-state index contributed by atoms with van der Waals surface area (Å²) in [6.07, 6.45) is 0. The number of benzene rings is 1. The number of rotatable bonds is 4. The lowest BCUT2D eigenvalue weighted by atomic mass is 10.1. The predicted molar refractivity (Wildman–Crippen MR) is 93.2 cm³/mol. The molecule has 1 aromatic heterocycles. The van der Waals surface area contributed by atoms with Gasteiger partial charge in [-0.2, -0.15) is 0 Å². The Bertz CT molecular complexity index is 670. The summed E-state index contributed by atoms with van der Waals surface area (Å²) in [7, 11) is 0. The molecule has 0 aliphatic heterocycles. The SMILES string of the molecule is NC(=S)c1cccc(CNC(=O)c2cc(Br)sc2Br)c1. The third kappa shape index (κ3) is 3.88. The van der Waals surface area contributed by atoms with Gasteiger partial charge < -0.3 is 11.1 Å². The molecule has 20 heavy (non-hydrogen) atoms. The number of nitrogens with one attached hydrogen (secondary N) is 1. The number of nitrogens with two attached hydrogens (primary N) is 1. The molecule has 0 fully saturated rings. The summed E-state index contributed by atoms with van der Waals surface area (Å²) >= 11 is 13.1. The van der Waals surface area contributed by atoms with Crippen molar-refractivity contribution < 1.29 is 4.79 Å². The van der Waals surface area contributed by atoms with E-state index in [1.165, 1.54) is 11.3 Å². The summed E-state index contributed by atoms with van der Waals surface area (Å²) in [6, 6.07) is 9.30. The smallest absolute Gasteiger partial charge is 0.253 e. The van der Waals surface area contributed by atoms with Crippen LogP contribution in [0.5, 0.6) is 0 Å². The molecule has 0 saturated heterocycles. The average Bonchev–Trinajstić information content (AvgIpc) is 2.75. The monoisotopic (exact) mass is 432 g/mol. The van der Waals surface area contributed by atoms with E-state index in [2.05, 4.69) is 37.2 Å². The summed E-state index contributed by atoms with van der Waals surface area (Å²) in [5.41, 5.74) is 7.95. The number of thiophene rings is 1. The van der Waals surface area contributed by atoms with Crippen LogP contribution in [0, 0.1) is 0 Å². The fourth-order valence-corrected chi connectivity index (χ4v) is 4.53. The molecule has 1 amide bonds. The average molecular weight is 434 g/mol. The quantitative estimate of drug-likeness (QED) is 0.720. The van der Waals surface area contributed by atoms with Gasteiger partial charge in [0, 0.05) is 12.1 Å². The molecule has 0 aliphatic rings. The van der Waals surface area contributed by atoms with E-state index in [9.17, 15) is 4.79 Å². The molecule has 3 N–H and O–H groups in total. The van der Waals surface area contributed by atoms with Gasteiger partial charge in [0.15, 0.2) is 0 Å². The van der Waals surface area contributed by atoms with Crippen molar-refractivity contribution in [3.63, 3.8) is 0 Å². The van der Waals surface area contributed by atoms with Gasteiger partial charge in [-0.3, -0.25) is 4.79 Å². The van der Waals surface area contributed by atoms with Crippen molar-refractivity contribution in [1.82, 2.24) is 5.32 Å². The van der Waals surface area contributed by atoms with Crippen LogP contribution >= 0.6 is 55.4 Å². The van der Waals surface area contributed by atoms with Crippen molar-refractivity contribution in [2.24, 2.45) is 5.73 Å². The van der Waals surface area contributed by atoms with Crippen LogP contribution in [-0.4, -0.2) is 10.9 Å². The third-order valence-corrected chi connectivity index (χ3v) is 5.14. The fourth-order valence-electron chi connectivity index (χ4n) is 1.61. The van der Waals surface area contributed by atoms with Gasteiger partial charge >= 0.3 is 0 Å². The maximum Gasteiger partial charge on any atom is 0.253 e. The lowest BCUT2D eigenvalue weighted by Gasteiger charge is -2.06. The van der Waals surface area contributed by atoms with Crippen molar-refractivity contribution >= 4 is 66.3 Å². The van der Waals surface area contributed by atoms with Crippen LogP contribution in [0.1, 0.15) is 21.5 Å². The minimum absolute atomic E-state index is 0.125. The highest BCUT2D eigenvalue weighted by molar-refractivity contribution is 9.12. The van der Waals surface area contributed by atoms with Crippen LogP contribution in [0.25, 0.3) is 0 Å². The molecule has 2 rings (SSSR count). The standard InChI is InChI=1S/C13H10Br2N2OS2/c14-10-5-9(11(15)20-10)13(18)17-6-7-2-1-3-8(4-7)12(16)19/h1-5H,6H2,(H2,16,19)(H,17,18). The molecule has 2 aromatic rings. The van der Waals surface area contributed by atoms with Crippen molar-refractivity contribution in [3.8, 4) is 0 Å². The summed E-state index contributed by atoms with van der Waals surface area (Å²) in [6.45, 7) is 0.426. The Morgan fingerprint density at radius 1 is 1.35 bits per heavy atom. The second-order valence-corrected chi connectivity index (χ2v) is 8.17. The zero-order chi connectivity index (χ0) is 14.7.